The van der Waals surface area contributed by atoms with Crippen molar-refractivity contribution in [1.82, 2.24) is 14.1 Å². The van der Waals surface area contributed by atoms with E-state index in [2.05, 4.69) is 9.71 Å². The first-order chi connectivity index (χ1) is 9.21. The van der Waals surface area contributed by atoms with Crippen LogP contribution in [0.2, 0.25) is 0 Å². The summed E-state index contributed by atoms with van der Waals surface area (Å²) in [5.41, 5.74) is 5.60. The van der Waals surface area contributed by atoms with E-state index in [1.54, 1.807) is 11.6 Å². The number of sulfonamides is 2. The van der Waals surface area contributed by atoms with Crippen molar-refractivity contribution in [1.29, 1.82) is 0 Å². The van der Waals surface area contributed by atoms with Crippen molar-refractivity contribution in [3.8, 4) is 0 Å². The Hall–Kier alpha value is -1.21. The molecule has 0 aliphatic heterocycles. The molecular weight excluding hydrogens is 326 g/mol. The number of thiazole rings is 1. The number of anilines is 1. The SMILES string of the molecule is Nc1nc2sccn2c1S(=O)(=O)NCCCS(N)(=O)=O. The van der Waals surface area contributed by atoms with Gasteiger partial charge in [0.15, 0.2) is 15.8 Å². The van der Waals surface area contributed by atoms with Crippen molar-refractivity contribution in [2.24, 2.45) is 5.14 Å². The minimum Gasteiger partial charge on any atom is -0.381 e. The van der Waals surface area contributed by atoms with Gasteiger partial charge in [-0.05, 0) is 6.42 Å². The van der Waals surface area contributed by atoms with Crippen molar-refractivity contribution < 1.29 is 16.8 Å². The average Bonchev–Trinajstić information content (AvgIpc) is 2.82. The Labute approximate surface area is 119 Å². The third-order valence-corrected chi connectivity index (χ3v) is 5.51. The molecule has 0 spiro atoms. The zero-order valence-electron chi connectivity index (χ0n) is 10.2. The van der Waals surface area contributed by atoms with Gasteiger partial charge in [0.05, 0.1) is 5.75 Å². The Morgan fingerprint density at radius 2 is 2.05 bits per heavy atom. The Morgan fingerprint density at radius 1 is 1.35 bits per heavy atom. The van der Waals surface area contributed by atoms with Gasteiger partial charge in [0.1, 0.15) is 0 Å². The van der Waals surface area contributed by atoms with Gasteiger partial charge in [-0.2, -0.15) is 0 Å². The summed E-state index contributed by atoms with van der Waals surface area (Å²) in [5.74, 6) is -0.401. The van der Waals surface area contributed by atoms with Crippen LogP contribution in [0.15, 0.2) is 16.6 Å². The highest BCUT2D eigenvalue weighted by Crippen LogP contribution is 2.22. The summed E-state index contributed by atoms with van der Waals surface area (Å²) in [5, 5.41) is 6.36. The molecule has 2 heterocycles. The maximum atomic E-state index is 12.1. The van der Waals surface area contributed by atoms with Crippen LogP contribution in [0.3, 0.4) is 0 Å². The molecule has 0 amide bonds. The summed E-state index contributed by atoms with van der Waals surface area (Å²) in [6.45, 7) is -0.0599. The van der Waals surface area contributed by atoms with Crippen molar-refractivity contribution in [3.05, 3.63) is 11.6 Å². The number of nitrogens with one attached hydrogen (secondary N) is 1. The number of hydrogen-bond acceptors (Lipinski definition) is 7. The highest BCUT2D eigenvalue weighted by atomic mass is 32.2. The molecule has 2 aromatic rings. The zero-order chi connectivity index (χ0) is 15.0. The fourth-order valence-corrected chi connectivity index (χ4v) is 4.20. The van der Waals surface area contributed by atoms with Crippen LogP contribution < -0.4 is 15.6 Å². The lowest BCUT2D eigenvalue weighted by molar-refractivity contribution is 0.573. The Kier molecular flexibility index (Phi) is 4.02. The fraction of sp³-hybridized carbons (Fsp3) is 0.375. The molecule has 0 saturated carbocycles. The molecule has 0 bridgehead atoms. The largest absolute Gasteiger partial charge is 0.381 e. The lowest BCUT2D eigenvalue weighted by Gasteiger charge is -2.06. The average molecular weight is 339 g/mol. The van der Waals surface area contributed by atoms with Gasteiger partial charge in [0, 0.05) is 18.1 Å². The van der Waals surface area contributed by atoms with Crippen LogP contribution in [0.5, 0.6) is 0 Å². The number of imidazole rings is 1. The van der Waals surface area contributed by atoms with E-state index in [0.717, 1.165) is 0 Å². The van der Waals surface area contributed by atoms with E-state index < -0.39 is 20.0 Å². The van der Waals surface area contributed by atoms with Crippen molar-refractivity contribution in [3.63, 3.8) is 0 Å². The fourth-order valence-electron chi connectivity index (χ4n) is 1.60. The monoisotopic (exact) mass is 339 g/mol. The van der Waals surface area contributed by atoms with E-state index in [1.807, 2.05) is 0 Å². The molecule has 0 saturated heterocycles. The van der Waals surface area contributed by atoms with Crippen LogP contribution in [0.1, 0.15) is 6.42 Å². The number of aromatic nitrogens is 2. The Morgan fingerprint density at radius 3 is 2.70 bits per heavy atom. The van der Waals surface area contributed by atoms with Gasteiger partial charge in [-0.3, -0.25) is 4.40 Å². The second-order valence-corrected chi connectivity index (χ2v) is 8.27. The quantitative estimate of drug-likeness (QED) is 0.571. The predicted octanol–water partition coefficient (Wildman–Crippen LogP) is -1.07. The first kappa shape index (κ1) is 15.2. The molecule has 12 heteroatoms. The molecule has 0 fully saturated rings. The van der Waals surface area contributed by atoms with Crippen molar-refractivity contribution >= 4 is 42.2 Å². The molecular formula is C8H13N5O4S3. The summed E-state index contributed by atoms with van der Waals surface area (Å²) in [4.78, 5) is 4.40. The summed E-state index contributed by atoms with van der Waals surface area (Å²) in [6.07, 6.45) is 1.62. The van der Waals surface area contributed by atoms with Crippen molar-refractivity contribution in [2.45, 2.75) is 11.4 Å². The first-order valence-corrected chi connectivity index (χ1v) is 9.50. The number of primary sulfonamides is 1. The van der Waals surface area contributed by atoms with Gasteiger partial charge >= 0.3 is 0 Å². The number of nitrogen functional groups attached to an aromatic ring is 1. The minimum atomic E-state index is -3.87. The molecule has 0 aliphatic rings. The Balaban J connectivity index is 2.14. The maximum Gasteiger partial charge on any atom is 0.260 e. The minimum absolute atomic E-state index is 0.0599. The summed E-state index contributed by atoms with van der Waals surface area (Å²) in [7, 11) is -7.47. The van der Waals surface area contributed by atoms with E-state index in [4.69, 9.17) is 10.9 Å². The van der Waals surface area contributed by atoms with E-state index in [-0.39, 0.29) is 29.6 Å². The summed E-state index contributed by atoms with van der Waals surface area (Å²) in [6, 6.07) is 0. The molecule has 5 N–H and O–H groups in total. The molecule has 0 aromatic carbocycles. The standard InChI is InChI=1S/C8H13N5O4S3/c9-6-7(13-3-4-18-8(13)12-6)20(16,17)11-2-1-5-19(10,14)15/h3-4,11H,1-2,5,9H2,(H2,10,14,15). The normalized spacial score (nSPS) is 13.1. The first-order valence-electron chi connectivity index (χ1n) is 5.42. The second kappa shape index (κ2) is 5.29. The lowest BCUT2D eigenvalue weighted by Crippen LogP contribution is -2.28. The number of nitrogens with two attached hydrogens (primary N) is 2. The molecule has 2 rings (SSSR count). The van der Waals surface area contributed by atoms with Crippen LogP contribution in [-0.2, 0) is 20.0 Å². The van der Waals surface area contributed by atoms with Gasteiger partial charge in [0.25, 0.3) is 10.0 Å². The predicted molar refractivity (Wildman–Crippen MR) is 75.3 cm³/mol. The molecule has 2 aromatic heterocycles. The van der Waals surface area contributed by atoms with Gasteiger partial charge in [-0.25, -0.2) is 31.7 Å². The van der Waals surface area contributed by atoms with E-state index in [1.165, 1.54) is 15.7 Å². The van der Waals surface area contributed by atoms with Gasteiger partial charge in [0.2, 0.25) is 10.0 Å². The van der Waals surface area contributed by atoms with Crippen LogP contribution in [0.4, 0.5) is 5.82 Å². The second-order valence-electron chi connectivity index (χ2n) is 3.98. The van der Waals surface area contributed by atoms with Gasteiger partial charge < -0.3 is 5.73 Å². The van der Waals surface area contributed by atoms with Crippen LogP contribution >= 0.6 is 11.3 Å². The Bertz CT molecular complexity index is 820. The lowest BCUT2D eigenvalue weighted by atomic mass is 10.5. The van der Waals surface area contributed by atoms with E-state index >= 15 is 0 Å². The van der Waals surface area contributed by atoms with Gasteiger partial charge in [-0.1, -0.05) is 0 Å². The summed E-state index contributed by atoms with van der Waals surface area (Å²) < 4.78 is 49.4. The molecule has 20 heavy (non-hydrogen) atoms. The number of fused-ring (bicyclic) bond motifs is 1. The van der Waals surface area contributed by atoms with E-state index in [0.29, 0.717) is 4.96 Å². The smallest absolute Gasteiger partial charge is 0.260 e. The highest BCUT2D eigenvalue weighted by Gasteiger charge is 2.24. The number of nitrogens with zero attached hydrogens (tertiary/aromatic N) is 2. The molecule has 0 radical (unpaired) electrons. The molecule has 9 nitrogen and oxygen atoms in total. The van der Waals surface area contributed by atoms with Crippen molar-refractivity contribution in [2.75, 3.05) is 18.0 Å². The van der Waals surface area contributed by atoms with Crippen LogP contribution in [0, 0.1) is 0 Å². The molecule has 0 aliphatic carbocycles. The maximum absolute atomic E-state index is 12.1. The molecule has 0 atom stereocenters. The zero-order valence-corrected chi connectivity index (χ0v) is 12.6. The molecule has 0 unspecified atom stereocenters. The number of rotatable bonds is 6. The third-order valence-electron chi connectivity index (χ3n) is 2.40. The highest BCUT2D eigenvalue weighted by molar-refractivity contribution is 7.89. The van der Waals surface area contributed by atoms with Crippen LogP contribution in [-0.4, -0.2) is 38.5 Å². The van der Waals surface area contributed by atoms with Gasteiger partial charge in [-0.15, -0.1) is 11.3 Å². The van der Waals surface area contributed by atoms with E-state index in [9.17, 15) is 16.8 Å². The summed E-state index contributed by atoms with van der Waals surface area (Å²) >= 11 is 1.25. The third kappa shape index (κ3) is 3.27. The topological polar surface area (TPSA) is 150 Å². The molecule has 112 valence electrons. The van der Waals surface area contributed by atoms with Crippen LogP contribution in [0.25, 0.3) is 4.96 Å². The number of hydrogen-bond donors (Lipinski definition) is 3.